The third kappa shape index (κ3) is 4.52. The maximum absolute atomic E-state index is 12.2. The summed E-state index contributed by atoms with van der Waals surface area (Å²) in [7, 11) is 1.80. The predicted octanol–water partition coefficient (Wildman–Crippen LogP) is 3.11. The van der Waals surface area contributed by atoms with E-state index in [1.165, 1.54) is 17.4 Å². The molecule has 0 fully saturated rings. The summed E-state index contributed by atoms with van der Waals surface area (Å²) in [4.78, 5) is 25.1. The van der Waals surface area contributed by atoms with Gasteiger partial charge in [-0.05, 0) is 25.5 Å². The van der Waals surface area contributed by atoms with Crippen LogP contribution < -0.4 is 0 Å². The fraction of sp³-hybridized carbons (Fsp3) is 0.429. The average molecular weight is 281 g/mol. The Bertz CT molecular complexity index is 479. The molecule has 1 rings (SSSR count). The lowest BCUT2D eigenvalue weighted by atomic mass is 10.1. The summed E-state index contributed by atoms with van der Waals surface area (Å²) in [5, 5.41) is 10.3. The molecule has 0 saturated carbocycles. The summed E-state index contributed by atoms with van der Waals surface area (Å²) in [6, 6.07) is 1.93. The Hall–Kier alpha value is -1.62. The molecular weight excluding hydrogens is 262 g/mol. The van der Waals surface area contributed by atoms with Crippen LogP contribution in [0.4, 0.5) is 0 Å². The van der Waals surface area contributed by atoms with Gasteiger partial charge in [0.1, 0.15) is 0 Å². The lowest BCUT2D eigenvalue weighted by Gasteiger charge is -2.24. The zero-order chi connectivity index (χ0) is 14.4. The van der Waals surface area contributed by atoms with E-state index in [1.54, 1.807) is 23.4 Å². The van der Waals surface area contributed by atoms with E-state index >= 15 is 0 Å². The highest BCUT2D eigenvalue weighted by Gasteiger charge is 2.17. The van der Waals surface area contributed by atoms with Crippen LogP contribution in [0, 0.1) is 0 Å². The first-order valence-corrected chi connectivity index (χ1v) is 7.10. The van der Waals surface area contributed by atoms with Gasteiger partial charge in [0, 0.05) is 29.4 Å². The van der Waals surface area contributed by atoms with Crippen molar-refractivity contribution in [2.24, 2.45) is 0 Å². The molecule has 5 heteroatoms. The Morgan fingerprint density at radius 3 is 2.79 bits per heavy atom. The van der Waals surface area contributed by atoms with Gasteiger partial charge in [-0.15, -0.1) is 11.3 Å². The van der Waals surface area contributed by atoms with Crippen molar-refractivity contribution < 1.29 is 14.7 Å². The van der Waals surface area contributed by atoms with E-state index in [9.17, 15) is 9.59 Å². The fourth-order valence-corrected chi connectivity index (χ4v) is 2.49. The molecule has 104 valence electrons. The van der Waals surface area contributed by atoms with Crippen molar-refractivity contribution in [1.29, 1.82) is 0 Å². The molecule has 0 aliphatic rings. The van der Waals surface area contributed by atoms with Crippen LogP contribution in [-0.4, -0.2) is 35.0 Å². The van der Waals surface area contributed by atoms with Gasteiger partial charge in [0.15, 0.2) is 0 Å². The van der Waals surface area contributed by atoms with Gasteiger partial charge in [-0.25, -0.2) is 4.79 Å². The van der Waals surface area contributed by atoms with Gasteiger partial charge >= 0.3 is 5.97 Å². The highest BCUT2D eigenvalue weighted by atomic mass is 32.1. The van der Waals surface area contributed by atoms with E-state index in [-0.39, 0.29) is 11.9 Å². The van der Waals surface area contributed by atoms with Crippen LogP contribution in [0.25, 0.3) is 6.08 Å². The first-order valence-electron chi connectivity index (χ1n) is 6.22. The van der Waals surface area contributed by atoms with E-state index in [1.807, 2.05) is 6.92 Å². The smallest absolute Gasteiger partial charge is 0.328 e. The highest BCUT2D eigenvalue weighted by molar-refractivity contribution is 7.11. The summed E-state index contributed by atoms with van der Waals surface area (Å²) in [5.41, 5.74) is 0.612. The lowest BCUT2D eigenvalue weighted by molar-refractivity contribution is -0.131. The third-order valence-corrected chi connectivity index (χ3v) is 3.84. The second kappa shape index (κ2) is 7.09. The van der Waals surface area contributed by atoms with Gasteiger partial charge < -0.3 is 10.0 Å². The first-order chi connectivity index (χ1) is 8.95. The van der Waals surface area contributed by atoms with Gasteiger partial charge in [-0.3, -0.25) is 4.79 Å². The van der Waals surface area contributed by atoms with Crippen molar-refractivity contribution in [3.63, 3.8) is 0 Å². The number of hydrogen-bond donors (Lipinski definition) is 1. The molecule has 0 aliphatic heterocycles. The Kier molecular flexibility index (Phi) is 5.76. The molecule has 1 unspecified atom stereocenters. The second-order valence-corrected chi connectivity index (χ2v) is 5.41. The molecule has 1 heterocycles. The van der Waals surface area contributed by atoms with Gasteiger partial charge in [-0.2, -0.15) is 0 Å². The number of nitrogens with zero attached hydrogens (tertiary/aromatic N) is 1. The standard InChI is InChI=1S/C14H19NO3S/c1-4-5-10(2)15(3)14(18)11-8-12(19-9-11)6-7-13(16)17/h6-10H,4-5H2,1-3H3,(H,16,17). The molecule has 1 aromatic heterocycles. The maximum Gasteiger partial charge on any atom is 0.328 e. The van der Waals surface area contributed by atoms with E-state index in [4.69, 9.17) is 5.11 Å². The number of carbonyl (C=O) groups excluding carboxylic acids is 1. The first kappa shape index (κ1) is 15.4. The van der Waals surface area contributed by atoms with E-state index in [2.05, 4.69) is 6.92 Å². The zero-order valence-electron chi connectivity index (χ0n) is 11.4. The van der Waals surface area contributed by atoms with Crippen LogP contribution in [0.1, 0.15) is 41.9 Å². The molecular formula is C14H19NO3S. The number of amides is 1. The molecule has 1 amide bonds. The topological polar surface area (TPSA) is 57.6 Å². The number of hydrogen-bond acceptors (Lipinski definition) is 3. The van der Waals surface area contributed by atoms with Crippen molar-refractivity contribution in [1.82, 2.24) is 4.90 Å². The minimum absolute atomic E-state index is 0.0211. The summed E-state index contributed by atoms with van der Waals surface area (Å²) < 4.78 is 0. The Labute approximate surface area is 117 Å². The molecule has 0 radical (unpaired) electrons. The van der Waals surface area contributed by atoms with Crippen molar-refractivity contribution in [3.05, 3.63) is 28.0 Å². The Balaban J connectivity index is 2.75. The van der Waals surface area contributed by atoms with Crippen molar-refractivity contribution in [2.45, 2.75) is 32.7 Å². The molecule has 0 saturated heterocycles. The van der Waals surface area contributed by atoms with Crippen LogP contribution in [0.15, 0.2) is 17.5 Å². The molecule has 0 aromatic carbocycles. The number of carbonyl (C=O) groups is 2. The van der Waals surface area contributed by atoms with Gasteiger partial charge in [0.2, 0.25) is 0 Å². The molecule has 1 atom stereocenters. The summed E-state index contributed by atoms with van der Waals surface area (Å²) in [5.74, 6) is -1.01. The molecule has 1 aromatic rings. The highest BCUT2D eigenvalue weighted by Crippen LogP contribution is 2.19. The average Bonchev–Trinajstić information content (AvgIpc) is 2.83. The number of rotatable bonds is 6. The Morgan fingerprint density at radius 2 is 2.21 bits per heavy atom. The second-order valence-electron chi connectivity index (χ2n) is 4.46. The van der Waals surface area contributed by atoms with Gasteiger partial charge in [-0.1, -0.05) is 13.3 Å². The van der Waals surface area contributed by atoms with E-state index in [0.29, 0.717) is 5.56 Å². The number of aliphatic carboxylic acids is 1. The van der Waals surface area contributed by atoms with Crippen LogP contribution in [0.5, 0.6) is 0 Å². The van der Waals surface area contributed by atoms with Crippen LogP contribution in [0.3, 0.4) is 0 Å². The minimum Gasteiger partial charge on any atom is -0.478 e. The van der Waals surface area contributed by atoms with Crippen molar-refractivity contribution in [2.75, 3.05) is 7.05 Å². The molecule has 19 heavy (non-hydrogen) atoms. The van der Waals surface area contributed by atoms with E-state index in [0.717, 1.165) is 23.8 Å². The normalized spacial score (nSPS) is 12.6. The number of carboxylic acids is 1. The summed E-state index contributed by atoms with van der Waals surface area (Å²) in [6.07, 6.45) is 4.58. The summed E-state index contributed by atoms with van der Waals surface area (Å²) in [6.45, 7) is 4.12. The Morgan fingerprint density at radius 1 is 1.53 bits per heavy atom. The molecule has 1 N–H and O–H groups in total. The van der Waals surface area contributed by atoms with Gasteiger partial charge in [0.05, 0.1) is 5.56 Å². The number of carboxylic acid groups (broad SMARTS) is 1. The quantitative estimate of drug-likeness (QED) is 0.815. The van der Waals surface area contributed by atoms with Crippen LogP contribution >= 0.6 is 11.3 Å². The molecule has 0 aliphatic carbocycles. The van der Waals surface area contributed by atoms with E-state index < -0.39 is 5.97 Å². The van der Waals surface area contributed by atoms with Crippen molar-refractivity contribution in [3.8, 4) is 0 Å². The SMILES string of the molecule is CCCC(C)N(C)C(=O)c1csc(C=CC(=O)O)c1. The molecule has 4 nitrogen and oxygen atoms in total. The zero-order valence-corrected chi connectivity index (χ0v) is 12.2. The monoisotopic (exact) mass is 281 g/mol. The largest absolute Gasteiger partial charge is 0.478 e. The third-order valence-electron chi connectivity index (χ3n) is 2.94. The summed E-state index contributed by atoms with van der Waals surface area (Å²) >= 11 is 1.36. The fourth-order valence-electron chi connectivity index (χ4n) is 1.72. The molecule has 0 bridgehead atoms. The van der Waals surface area contributed by atoms with Crippen molar-refractivity contribution >= 4 is 29.3 Å². The molecule has 0 spiro atoms. The van der Waals surface area contributed by atoms with Crippen LogP contribution in [0.2, 0.25) is 0 Å². The lowest BCUT2D eigenvalue weighted by Crippen LogP contribution is -2.34. The predicted molar refractivity (Wildman–Crippen MR) is 77.5 cm³/mol. The maximum atomic E-state index is 12.2. The van der Waals surface area contributed by atoms with Gasteiger partial charge in [0.25, 0.3) is 5.91 Å². The van der Waals surface area contributed by atoms with Crippen LogP contribution in [-0.2, 0) is 4.79 Å². The number of thiophene rings is 1. The minimum atomic E-state index is -0.991.